The maximum Gasteiger partial charge on any atom is 0.145 e. The molecule has 21 heavy (non-hydrogen) atoms. The van der Waals surface area contributed by atoms with Crippen LogP contribution in [-0.2, 0) is 6.42 Å². The van der Waals surface area contributed by atoms with Crippen LogP contribution in [0.2, 0.25) is 5.02 Å². The van der Waals surface area contributed by atoms with Crippen molar-refractivity contribution in [1.29, 1.82) is 0 Å². The van der Waals surface area contributed by atoms with Crippen LogP contribution in [0.15, 0.2) is 40.9 Å². The zero-order valence-electron chi connectivity index (χ0n) is 12.1. The summed E-state index contributed by atoms with van der Waals surface area (Å²) in [6, 6.07) is 11.4. The Labute approximate surface area is 138 Å². The monoisotopic (exact) mass is 369 g/mol. The minimum Gasteiger partial charge on any atom is -0.310 e. The summed E-state index contributed by atoms with van der Waals surface area (Å²) < 4.78 is 15.2. The van der Waals surface area contributed by atoms with Crippen molar-refractivity contribution in [2.75, 3.05) is 6.54 Å². The van der Waals surface area contributed by atoms with Crippen LogP contribution in [0.4, 0.5) is 4.39 Å². The molecule has 0 aliphatic heterocycles. The maximum absolute atomic E-state index is 14.1. The first-order valence-electron chi connectivity index (χ1n) is 6.95. The molecular weight excluding hydrogens is 353 g/mol. The van der Waals surface area contributed by atoms with Gasteiger partial charge in [0.05, 0.1) is 5.02 Å². The summed E-state index contributed by atoms with van der Waals surface area (Å²) >= 11 is 9.42. The molecule has 0 saturated carbocycles. The molecule has 2 aromatic rings. The van der Waals surface area contributed by atoms with Gasteiger partial charge in [-0.1, -0.05) is 58.7 Å². The Hall–Kier alpha value is -0.900. The summed E-state index contributed by atoms with van der Waals surface area (Å²) in [6.45, 7) is 4.91. The number of benzene rings is 2. The Morgan fingerprint density at radius 1 is 1.29 bits per heavy atom. The molecule has 2 aromatic carbocycles. The first kappa shape index (κ1) is 16.5. The van der Waals surface area contributed by atoms with Gasteiger partial charge in [-0.2, -0.15) is 0 Å². The van der Waals surface area contributed by atoms with E-state index in [0.717, 1.165) is 16.6 Å². The van der Waals surface area contributed by atoms with Gasteiger partial charge in [0.1, 0.15) is 5.82 Å². The van der Waals surface area contributed by atoms with Crippen LogP contribution >= 0.6 is 27.5 Å². The van der Waals surface area contributed by atoms with Gasteiger partial charge in [-0.15, -0.1) is 0 Å². The molecule has 0 aliphatic rings. The second-order valence-corrected chi connectivity index (χ2v) is 6.30. The van der Waals surface area contributed by atoms with Gasteiger partial charge in [-0.3, -0.25) is 0 Å². The minimum atomic E-state index is -0.326. The second kappa shape index (κ2) is 7.39. The molecule has 0 radical (unpaired) electrons. The standard InChI is InChI=1S/C17H18BrClFN/c1-3-21-16(12-8-7-11(2)14(18)9-12)10-13-5-4-6-15(19)17(13)20/h4-9,16,21H,3,10H2,1-2H3. The Kier molecular flexibility index (Phi) is 5.80. The van der Waals surface area contributed by atoms with Crippen LogP contribution < -0.4 is 5.32 Å². The second-order valence-electron chi connectivity index (χ2n) is 5.04. The number of hydrogen-bond acceptors (Lipinski definition) is 1. The number of nitrogens with one attached hydrogen (secondary N) is 1. The lowest BCUT2D eigenvalue weighted by atomic mass is 9.97. The SMILES string of the molecule is CCNC(Cc1cccc(Cl)c1F)c1ccc(C)c(Br)c1. The predicted molar refractivity (Wildman–Crippen MR) is 90.4 cm³/mol. The average Bonchev–Trinajstić information content (AvgIpc) is 2.46. The highest BCUT2D eigenvalue weighted by Crippen LogP contribution is 2.27. The summed E-state index contributed by atoms with van der Waals surface area (Å²) in [6.07, 6.45) is 0.565. The molecule has 112 valence electrons. The van der Waals surface area contributed by atoms with Crippen LogP contribution in [0, 0.1) is 12.7 Å². The number of rotatable bonds is 5. The number of likely N-dealkylation sites (N-methyl/N-ethyl adjacent to an activating group) is 1. The van der Waals surface area contributed by atoms with E-state index in [1.165, 1.54) is 5.56 Å². The normalized spacial score (nSPS) is 12.4. The van der Waals surface area contributed by atoms with Gasteiger partial charge in [-0.25, -0.2) is 4.39 Å². The molecule has 1 N–H and O–H groups in total. The van der Waals surface area contributed by atoms with Crippen molar-refractivity contribution >= 4 is 27.5 Å². The van der Waals surface area contributed by atoms with Gasteiger partial charge in [-0.05, 0) is 48.7 Å². The molecule has 2 rings (SSSR count). The fourth-order valence-electron chi connectivity index (χ4n) is 2.31. The zero-order valence-corrected chi connectivity index (χ0v) is 14.4. The van der Waals surface area contributed by atoms with Crippen molar-refractivity contribution in [2.45, 2.75) is 26.3 Å². The van der Waals surface area contributed by atoms with E-state index in [2.05, 4.69) is 39.4 Å². The van der Waals surface area contributed by atoms with Crippen molar-refractivity contribution in [3.8, 4) is 0 Å². The number of aryl methyl sites for hydroxylation is 1. The third kappa shape index (κ3) is 4.06. The number of hydrogen-bond donors (Lipinski definition) is 1. The third-order valence-corrected chi connectivity index (χ3v) is 4.65. The topological polar surface area (TPSA) is 12.0 Å². The lowest BCUT2D eigenvalue weighted by Gasteiger charge is -2.20. The molecule has 0 bridgehead atoms. The van der Waals surface area contributed by atoms with Crippen molar-refractivity contribution in [3.63, 3.8) is 0 Å². The quantitative estimate of drug-likeness (QED) is 0.738. The van der Waals surface area contributed by atoms with E-state index in [1.807, 2.05) is 13.8 Å². The molecule has 0 saturated heterocycles. The minimum absolute atomic E-state index is 0.0554. The first-order valence-corrected chi connectivity index (χ1v) is 8.12. The fourth-order valence-corrected chi connectivity index (χ4v) is 2.90. The molecule has 0 aromatic heterocycles. The van der Waals surface area contributed by atoms with Crippen LogP contribution in [0.1, 0.15) is 29.7 Å². The molecule has 1 unspecified atom stereocenters. The lowest BCUT2D eigenvalue weighted by Crippen LogP contribution is -2.23. The molecule has 0 fully saturated rings. The number of halogens is 3. The summed E-state index contributed by atoms with van der Waals surface area (Å²) in [5.74, 6) is -0.326. The molecule has 0 aliphatic carbocycles. The van der Waals surface area contributed by atoms with Crippen LogP contribution in [0.5, 0.6) is 0 Å². The molecular formula is C17H18BrClFN. The summed E-state index contributed by atoms with van der Waals surface area (Å²) in [5, 5.41) is 3.58. The highest BCUT2D eigenvalue weighted by molar-refractivity contribution is 9.10. The Morgan fingerprint density at radius 3 is 2.71 bits per heavy atom. The summed E-state index contributed by atoms with van der Waals surface area (Å²) in [4.78, 5) is 0. The smallest absolute Gasteiger partial charge is 0.145 e. The van der Waals surface area contributed by atoms with E-state index in [1.54, 1.807) is 18.2 Å². The molecule has 4 heteroatoms. The van der Waals surface area contributed by atoms with E-state index < -0.39 is 0 Å². The molecule has 0 spiro atoms. The van der Waals surface area contributed by atoms with E-state index in [0.29, 0.717) is 12.0 Å². The highest BCUT2D eigenvalue weighted by Gasteiger charge is 2.15. The van der Waals surface area contributed by atoms with Crippen molar-refractivity contribution in [1.82, 2.24) is 5.32 Å². The predicted octanol–water partition coefficient (Wildman–Crippen LogP) is 5.44. The van der Waals surface area contributed by atoms with Crippen molar-refractivity contribution in [3.05, 3.63) is 68.4 Å². The molecule has 0 amide bonds. The first-order chi connectivity index (χ1) is 10.0. The van der Waals surface area contributed by atoms with E-state index in [4.69, 9.17) is 11.6 Å². The van der Waals surface area contributed by atoms with Gasteiger partial charge in [0.2, 0.25) is 0 Å². The highest BCUT2D eigenvalue weighted by atomic mass is 79.9. The van der Waals surface area contributed by atoms with Crippen LogP contribution in [0.25, 0.3) is 0 Å². The van der Waals surface area contributed by atoms with Gasteiger partial charge in [0.25, 0.3) is 0 Å². The van der Waals surface area contributed by atoms with E-state index in [-0.39, 0.29) is 16.9 Å². The summed E-state index contributed by atoms with van der Waals surface area (Å²) in [5.41, 5.74) is 2.95. The van der Waals surface area contributed by atoms with Crippen LogP contribution in [0.3, 0.4) is 0 Å². The van der Waals surface area contributed by atoms with Gasteiger partial charge in [0.15, 0.2) is 0 Å². The van der Waals surface area contributed by atoms with E-state index in [9.17, 15) is 4.39 Å². The van der Waals surface area contributed by atoms with E-state index >= 15 is 0 Å². The Bertz CT molecular complexity index is 630. The van der Waals surface area contributed by atoms with Gasteiger partial charge >= 0.3 is 0 Å². The van der Waals surface area contributed by atoms with Crippen LogP contribution in [-0.4, -0.2) is 6.54 Å². The van der Waals surface area contributed by atoms with Gasteiger partial charge in [0, 0.05) is 10.5 Å². The Balaban J connectivity index is 2.30. The van der Waals surface area contributed by atoms with Crippen molar-refractivity contribution < 1.29 is 4.39 Å². The average molecular weight is 371 g/mol. The fraction of sp³-hybridized carbons (Fsp3) is 0.294. The molecule has 1 nitrogen and oxygen atoms in total. The van der Waals surface area contributed by atoms with Gasteiger partial charge < -0.3 is 5.32 Å². The molecule has 1 atom stereocenters. The Morgan fingerprint density at radius 2 is 2.05 bits per heavy atom. The maximum atomic E-state index is 14.1. The third-order valence-electron chi connectivity index (χ3n) is 3.50. The largest absolute Gasteiger partial charge is 0.310 e. The zero-order chi connectivity index (χ0) is 15.4. The lowest BCUT2D eigenvalue weighted by molar-refractivity contribution is 0.528. The van der Waals surface area contributed by atoms with Crippen molar-refractivity contribution in [2.24, 2.45) is 0 Å². The molecule has 0 heterocycles. The summed E-state index contributed by atoms with van der Waals surface area (Å²) in [7, 11) is 0.